The van der Waals surface area contributed by atoms with Crippen LogP contribution >= 0.6 is 12.4 Å². The van der Waals surface area contributed by atoms with Crippen molar-refractivity contribution in [3.8, 4) is 0 Å². The first-order valence-electron chi connectivity index (χ1n) is 5.18. The van der Waals surface area contributed by atoms with E-state index >= 15 is 0 Å². The highest BCUT2D eigenvalue weighted by Crippen LogP contribution is 2.14. The minimum absolute atomic E-state index is 0. The van der Waals surface area contributed by atoms with Gasteiger partial charge in [-0.15, -0.1) is 12.4 Å². The van der Waals surface area contributed by atoms with Gasteiger partial charge in [0.15, 0.2) is 0 Å². The molecule has 2 aromatic rings. The summed E-state index contributed by atoms with van der Waals surface area (Å²) in [5.74, 6) is 1.72. The summed E-state index contributed by atoms with van der Waals surface area (Å²) in [4.78, 5) is 10.6. The van der Waals surface area contributed by atoms with Crippen molar-refractivity contribution in [3.63, 3.8) is 0 Å². The van der Waals surface area contributed by atoms with Gasteiger partial charge in [0.25, 0.3) is 5.78 Å². The Balaban J connectivity index is 0.00000128. The number of hydrogen-bond donors (Lipinski definition) is 0. The number of rotatable bonds is 3. The van der Waals surface area contributed by atoms with Gasteiger partial charge in [-0.25, -0.2) is 4.98 Å². The van der Waals surface area contributed by atoms with E-state index in [0.29, 0.717) is 5.78 Å². The number of fused-ring (bicyclic) bond motifs is 1. The smallest absolute Gasteiger partial charge is 0.254 e. The van der Waals surface area contributed by atoms with E-state index in [-0.39, 0.29) is 12.4 Å². The van der Waals surface area contributed by atoms with Crippen LogP contribution in [0.4, 0.5) is 5.82 Å². The average Bonchev–Trinajstić information content (AvgIpc) is 2.67. The lowest BCUT2D eigenvalue weighted by molar-refractivity contribution is 0.796. The Morgan fingerprint density at radius 1 is 1.31 bits per heavy atom. The summed E-state index contributed by atoms with van der Waals surface area (Å²) in [5, 5.41) is 4.18. The highest BCUT2D eigenvalue weighted by molar-refractivity contribution is 5.85. The molecule has 0 aliphatic heterocycles. The van der Waals surface area contributed by atoms with Crippen LogP contribution in [-0.4, -0.2) is 32.7 Å². The normalized spacial score (nSPS) is 10.2. The Morgan fingerprint density at radius 2 is 2.00 bits per heavy atom. The average molecular weight is 242 g/mol. The van der Waals surface area contributed by atoms with Crippen molar-refractivity contribution in [2.24, 2.45) is 0 Å². The van der Waals surface area contributed by atoms with Crippen molar-refractivity contribution in [1.29, 1.82) is 0 Å². The molecule has 0 aromatic carbocycles. The van der Waals surface area contributed by atoms with Gasteiger partial charge in [0, 0.05) is 24.8 Å². The molecule has 0 atom stereocenters. The zero-order valence-corrected chi connectivity index (χ0v) is 10.5. The molecule has 0 N–H and O–H groups in total. The van der Waals surface area contributed by atoms with Gasteiger partial charge in [-0.3, -0.25) is 0 Å². The Morgan fingerprint density at radius 3 is 2.62 bits per heavy atom. The van der Waals surface area contributed by atoms with E-state index in [1.807, 2.05) is 13.0 Å². The van der Waals surface area contributed by atoms with E-state index in [9.17, 15) is 0 Å². The molecule has 0 spiro atoms. The number of hydrogen-bond acceptors (Lipinski definition) is 4. The minimum atomic E-state index is 0. The highest BCUT2D eigenvalue weighted by atomic mass is 35.5. The van der Waals surface area contributed by atoms with Crippen LogP contribution in [0.2, 0.25) is 0 Å². The summed E-state index contributed by atoms with van der Waals surface area (Å²) in [6.07, 6.45) is 1.54. The van der Waals surface area contributed by atoms with Crippen molar-refractivity contribution >= 4 is 24.0 Å². The van der Waals surface area contributed by atoms with Crippen LogP contribution in [0.15, 0.2) is 12.4 Å². The fourth-order valence-electron chi connectivity index (χ4n) is 1.68. The summed E-state index contributed by atoms with van der Waals surface area (Å²) in [6, 6.07) is 2.04. The predicted molar refractivity (Wildman–Crippen MR) is 66.3 cm³/mol. The molecule has 2 heterocycles. The Kier molecular flexibility index (Phi) is 4.06. The predicted octanol–water partition coefficient (Wildman–Crippen LogP) is 1.70. The second-order valence-corrected chi connectivity index (χ2v) is 3.40. The van der Waals surface area contributed by atoms with E-state index in [0.717, 1.165) is 24.6 Å². The van der Waals surface area contributed by atoms with Crippen LogP contribution in [0.1, 0.15) is 19.5 Å². The molecule has 2 rings (SSSR count). The molecule has 0 aliphatic rings. The number of nitrogens with zero attached hydrogens (tertiary/aromatic N) is 5. The quantitative estimate of drug-likeness (QED) is 0.821. The number of anilines is 1. The number of aromatic nitrogens is 4. The van der Waals surface area contributed by atoms with Crippen LogP contribution in [-0.2, 0) is 0 Å². The third kappa shape index (κ3) is 2.09. The van der Waals surface area contributed by atoms with Crippen LogP contribution in [0.5, 0.6) is 0 Å². The largest absolute Gasteiger partial charge is 0.357 e. The molecule has 0 radical (unpaired) electrons. The second-order valence-electron chi connectivity index (χ2n) is 3.40. The maximum absolute atomic E-state index is 4.31. The molecule has 0 aliphatic carbocycles. The Hall–Kier alpha value is -1.36. The standard InChI is InChI=1S/C10H15N5.ClH/c1-4-14(5-2)9-6-8(3)13-10-11-7-12-15(9)10;/h6-7H,4-5H2,1-3H3;1H. The maximum atomic E-state index is 4.31. The topological polar surface area (TPSA) is 46.3 Å². The van der Waals surface area contributed by atoms with Crippen LogP contribution in [0.25, 0.3) is 5.78 Å². The molecule has 0 fully saturated rings. The van der Waals surface area contributed by atoms with Crippen LogP contribution in [0.3, 0.4) is 0 Å². The van der Waals surface area contributed by atoms with Gasteiger partial charge >= 0.3 is 0 Å². The lowest BCUT2D eigenvalue weighted by atomic mass is 10.4. The van der Waals surface area contributed by atoms with E-state index in [4.69, 9.17) is 0 Å². The molecular formula is C10H16ClN5. The first kappa shape index (κ1) is 12.7. The third-order valence-corrected chi connectivity index (χ3v) is 2.45. The van der Waals surface area contributed by atoms with Gasteiger partial charge in [-0.2, -0.15) is 14.6 Å². The molecule has 0 bridgehead atoms. The highest BCUT2D eigenvalue weighted by Gasteiger charge is 2.09. The molecule has 0 saturated carbocycles. The van der Waals surface area contributed by atoms with Crippen molar-refractivity contribution in [3.05, 3.63) is 18.1 Å². The second kappa shape index (κ2) is 5.12. The van der Waals surface area contributed by atoms with E-state index in [1.165, 1.54) is 6.33 Å². The fourth-order valence-corrected chi connectivity index (χ4v) is 1.68. The van der Waals surface area contributed by atoms with Gasteiger partial charge in [0.05, 0.1) is 0 Å². The Bertz CT molecular complexity index is 463. The van der Waals surface area contributed by atoms with Gasteiger partial charge in [-0.05, 0) is 20.8 Å². The first-order valence-corrected chi connectivity index (χ1v) is 5.18. The molecule has 0 unspecified atom stereocenters. The third-order valence-electron chi connectivity index (χ3n) is 2.45. The van der Waals surface area contributed by atoms with Crippen molar-refractivity contribution < 1.29 is 0 Å². The zero-order chi connectivity index (χ0) is 10.8. The summed E-state index contributed by atoms with van der Waals surface area (Å²) in [7, 11) is 0. The summed E-state index contributed by atoms with van der Waals surface area (Å²) in [6.45, 7) is 8.13. The van der Waals surface area contributed by atoms with Crippen LogP contribution < -0.4 is 4.90 Å². The molecule has 0 saturated heterocycles. The van der Waals surface area contributed by atoms with E-state index in [2.05, 4.69) is 33.8 Å². The monoisotopic (exact) mass is 241 g/mol. The maximum Gasteiger partial charge on any atom is 0.254 e. The zero-order valence-electron chi connectivity index (χ0n) is 9.71. The number of aryl methyl sites for hydroxylation is 1. The molecule has 0 amide bonds. The lowest BCUT2D eigenvalue weighted by Gasteiger charge is -2.21. The summed E-state index contributed by atoms with van der Waals surface area (Å²) in [5.41, 5.74) is 0.970. The molecule has 88 valence electrons. The molecule has 6 heteroatoms. The van der Waals surface area contributed by atoms with E-state index < -0.39 is 0 Å². The van der Waals surface area contributed by atoms with E-state index in [1.54, 1.807) is 4.52 Å². The van der Waals surface area contributed by atoms with Gasteiger partial charge in [0.1, 0.15) is 12.1 Å². The molecular weight excluding hydrogens is 226 g/mol. The minimum Gasteiger partial charge on any atom is -0.357 e. The first-order chi connectivity index (χ1) is 7.26. The molecule has 16 heavy (non-hydrogen) atoms. The van der Waals surface area contributed by atoms with Crippen molar-refractivity contribution in [2.75, 3.05) is 18.0 Å². The molecule has 5 nitrogen and oxygen atoms in total. The van der Waals surface area contributed by atoms with Crippen molar-refractivity contribution in [2.45, 2.75) is 20.8 Å². The van der Waals surface area contributed by atoms with Gasteiger partial charge in [-0.1, -0.05) is 0 Å². The van der Waals surface area contributed by atoms with Gasteiger partial charge < -0.3 is 4.90 Å². The number of halogens is 1. The summed E-state index contributed by atoms with van der Waals surface area (Å²) >= 11 is 0. The lowest BCUT2D eigenvalue weighted by Crippen LogP contribution is -2.25. The van der Waals surface area contributed by atoms with Crippen LogP contribution in [0, 0.1) is 6.92 Å². The van der Waals surface area contributed by atoms with Crippen molar-refractivity contribution in [1.82, 2.24) is 19.6 Å². The molecule has 2 aromatic heterocycles. The van der Waals surface area contributed by atoms with Gasteiger partial charge in [0.2, 0.25) is 0 Å². The SMILES string of the molecule is CCN(CC)c1cc(C)nc2ncnn12.Cl. The summed E-state index contributed by atoms with van der Waals surface area (Å²) < 4.78 is 1.78. The Labute approximate surface area is 101 Å². The fraction of sp³-hybridized carbons (Fsp3) is 0.500.